The van der Waals surface area contributed by atoms with Gasteiger partial charge in [0.1, 0.15) is 11.9 Å². The van der Waals surface area contributed by atoms with Gasteiger partial charge < -0.3 is 9.64 Å². The van der Waals surface area contributed by atoms with Crippen molar-refractivity contribution in [2.24, 2.45) is 0 Å². The van der Waals surface area contributed by atoms with Crippen LogP contribution in [-0.4, -0.2) is 49.2 Å². The Kier molecular flexibility index (Phi) is 5.97. The standard InChI is InChI=1S/C22H22N2O5S2/c1-31(27,28)19-6-4-16(5-7-19)24-13-10-18(15-21(24)25)29-17-8-11-23(12-9-17)22(26)20-3-2-14-30-20/h2-7,10,13-15,17H,8-9,11-12H2,1H3. The number of hydrogen-bond donors (Lipinski definition) is 0. The zero-order valence-electron chi connectivity index (χ0n) is 16.9. The number of piperidine rings is 1. The lowest BCUT2D eigenvalue weighted by atomic mass is 10.1. The second kappa shape index (κ2) is 8.68. The molecule has 1 fully saturated rings. The lowest BCUT2D eigenvalue weighted by Gasteiger charge is -2.32. The first kappa shape index (κ1) is 21.3. The molecule has 1 amide bonds. The maximum Gasteiger partial charge on any atom is 0.263 e. The van der Waals surface area contributed by atoms with E-state index in [1.54, 1.807) is 24.4 Å². The van der Waals surface area contributed by atoms with Crippen LogP contribution in [0.1, 0.15) is 22.5 Å². The van der Waals surface area contributed by atoms with Gasteiger partial charge in [0.05, 0.1) is 9.77 Å². The van der Waals surface area contributed by atoms with Crippen LogP contribution in [0.25, 0.3) is 5.69 Å². The topological polar surface area (TPSA) is 85.7 Å². The molecule has 4 rings (SSSR count). The molecule has 0 radical (unpaired) electrons. The van der Waals surface area contributed by atoms with E-state index in [0.29, 0.717) is 37.4 Å². The van der Waals surface area contributed by atoms with E-state index < -0.39 is 9.84 Å². The minimum absolute atomic E-state index is 0.0536. The minimum Gasteiger partial charge on any atom is -0.490 e. The fourth-order valence-corrected chi connectivity index (χ4v) is 4.85. The molecule has 0 N–H and O–H groups in total. The van der Waals surface area contributed by atoms with Crippen molar-refractivity contribution < 1.29 is 17.9 Å². The van der Waals surface area contributed by atoms with Gasteiger partial charge in [-0.2, -0.15) is 0 Å². The number of amides is 1. The molecule has 0 unspecified atom stereocenters. The Labute approximate surface area is 184 Å². The first-order valence-corrected chi connectivity index (χ1v) is 12.6. The Morgan fingerprint density at radius 3 is 2.39 bits per heavy atom. The number of rotatable bonds is 5. The van der Waals surface area contributed by atoms with Crippen LogP contribution in [0.3, 0.4) is 0 Å². The lowest BCUT2D eigenvalue weighted by Crippen LogP contribution is -2.41. The van der Waals surface area contributed by atoms with Crippen molar-refractivity contribution in [1.82, 2.24) is 9.47 Å². The Hall–Kier alpha value is -2.91. The second-order valence-electron chi connectivity index (χ2n) is 7.42. The number of carbonyl (C=O) groups excluding carboxylic acids is 1. The van der Waals surface area contributed by atoms with Crippen LogP contribution in [0, 0.1) is 0 Å². The Morgan fingerprint density at radius 2 is 1.81 bits per heavy atom. The van der Waals surface area contributed by atoms with Crippen LogP contribution in [0.15, 0.2) is 69.8 Å². The van der Waals surface area contributed by atoms with E-state index in [-0.39, 0.29) is 22.5 Å². The van der Waals surface area contributed by atoms with E-state index in [4.69, 9.17) is 4.74 Å². The van der Waals surface area contributed by atoms with Gasteiger partial charge in [0.15, 0.2) is 9.84 Å². The average Bonchev–Trinajstić information content (AvgIpc) is 3.28. The largest absolute Gasteiger partial charge is 0.490 e. The monoisotopic (exact) mass is 458 g/mol. The van der Waals surface area contributed by atoms with Crippen LogP contribution in [-0.2, 0) is 9.84 Å². The van der Waals surface area contributed by atoms with Gasteiger partial charge in [-0.3, -0.25) is 14.2 Å². The number of ether oxygens (including phenoxy) is 1. The third-order valence-corrected chi connectivity index (χ3v) is 7.18. The summed E-state index contributed by atoms with van der Waals surface area (Å²) in [5, 5.41) is 1.89. The van der Waals surface area contributed by atoms with E-state index in [9.17, 15) is 18.0 Å². The molecule has 2 aromatic heterocycles. The van der Waals surface area contributed by atoms with Gasteiger partial charge in [-0.15, -0.1) is 11.3 Å². The fourth-order valence-electron chi connectivity index (χ4n) is 3.53. The lowest BCUT2D eigenvalue weighted by molar-refractivity contribution is 0.0599. The van der Waals surface area contributed by atoms with Crippen molar-refractivity contribution in [1.29, 1.82) is 0 Å². The molecule has 1 aliphatic rings. The summed E-state index contributed by atoms with van der Waals surface area (Å²) in [6.07, 6.45) is 4.10. The molecule has 1 aliphatic heterocycles. The molecule has 0 spiro atoms. The Bertz CT molecular complexity index is 1220. The predicted molar refractivity (Wildman–Crippen MR) is 119 cm³/mol. The maximum atomic E-state index is 12.5. The summed E-state index contributed by atoms with van der Waals surface area (Å²) >= 11 is 1.44. The molecule has 0 bridgehead atoms. The first-order valence-electron chi connectivity index (χ1n) is 9.84. The summed E-state index contributed by atoms with van der Waals surface area (Å²) < 4.78 is 30.6. The van der Waals surface area contributed by atoms with Crippen molar-refractivity contribution in [2.45, 2.75) is 23.8 Å². The molecule has 31 heavy (non-hydrogen) atoms. The number of thiophene rings is 1. The summed E-state index contributed by atoms with van der Waals surface area (Å²) in [7, 11) is -3.29. The molecule has 1 saturated heterocycles. The van der Waals surface area contributed by atoms with Gasteiger partial charge in [0.2, 0.25) is 0 Å². The highest BCUT2D eigenvalue weighted by Crippen LogP contribution is 2.21. The number of likely N-dealkylation sites (tertiary alicyclic amines) is 1. The quantitative estimate of drug-likeness (QED) is 0.587. The SMILES string of the molecule is CS(=O)(=O)c1ccc(-n2ccc(OC3CCN(C(=O)c4cccs4)CC3)cc2=O)cc1. The average molecular weight is 459 g/mol. The minimum atomic E-state index is -3.29. The number of benzene rings is 1. The normalized spacial score (nSPS) is 15.1. The zero-order valence-corrected chi connectivity index (χ0v) is 18.6. The van der Waals surface area contributed by atoms with Crippen molar-refractivity contribution in [3.05, 3.63) is 75.3 Å². The highest BCUT2D eigenvalue weighted by Gasteiger charge is 2.25. The molecule has 0 atom stereocenters. The van der Waals surface area contributed by atoms with Gasteiger partial charge in [0.25, 0.3) is 11.5 Å². The van der Waals surface area contributed by atoms with Crippen LogP contribution < -0.4 is 10.3 Å². The number of hydrogen-bond acceptors (Lipinski definition) is 6. The van der Waals surface area contributed by atoms with Gasteiger partial charge in [0, 0.05) is 50.1 Å². The van der Waals surface area contributed by atoms with E-state index in [0.717, 1.165) is 11.1 Å². The number of sulfone groups is 1. The smallest absolute Gasteiger partial charge is 0.263 e. The van der Waals surface area contributed by atoms with Crippen LogP contribution >= 0.6 is 11.3 Å². The van der Waals surface area contributed by atoms with E-state index in [2.05, 4.69) is 0 Å². The van der Waals surface area contributed by atoms with Gasteiger partial charge in [-0.1, -0.05) is 6.07 Å². The van der Waals surface area contributed by atoms with E-state index >= 15 is 0 Å². The van der Waals surface area contributed by atoms with Crippen LogP contribution in [0.5, 0.6) is 5.75 Å². The summed E-state index contributed by atoms with van der Waals surface area (Å²) in [5.41, 5.74) is 0.305. The molecule has 9 heteroatoms. The summed E-state index contributed by atoms with van der Waals surface area (Å²) in [6, 6.07) is 13.0. The second-order valence-corrected chi connectivity index (χ2v) is 10.4. The summed E-state index contributed by atoms with van der Waals surface area (Å²) in [4.78, 5) is 27.8. The van der Waals surface area contributed by atoms with E-state index in [1.165, 1.54) is 34.1 Å². The molecule has 0 aliphatic carbocycles. The van der Waals surface area contributed by atoms with Crippen LogP contribution in [0.2, 0.25) is 0 Å². The Morgan fingerprint density at radius 1 is 1.10 bits per heavy atom. The first-order chi connectivity index (χ1) is 14.8. The van der Waals surface area contributed by atoms with Crippen molar-refractivity contribution in [2.75, 3.05) is 19.3 Å². The molecule has 3 heterocycles. The maximum absolute atomic E-state index is 12.5. The number of pyridine rings is 1. The van der Waals surface area contributed by atoms with Gasteiger partial charge in [-0.05, 0) is 41.8 Å². The van der Waals surface area contributed by atoms with Gasteiger partial charge >= 0.3 is 0 Å². The number of nitrogens with zero attached hydrogens (tertiary/aromatic N) is 2. The highest BCUT2D eigenvalue weighted by atomic mass is 32.2. The van der Waals surface area contributed by atoms with Crippen molar-refractivity contribution in [3.8, 4) is 11.4 Å². The van der Waals surface area contributed by atoms with Crippen LogP contribution in [0.4, 0.5) is 0 Å². The molecule has 1 aromatic carbocycles. The van der Waals surface area contributed by atoms with Gasteiger partial charge in [-0.25, -0.2) is 8.42 Å². The zero-order chi connectivity index (χ0) is 22.0. The third kappa shape index (κ3) is 4.88. The number of aromatic nitrogens is 1. The molecule has 162 valence electrons. The summed E-state index contributed by atoms with van der Waals surface area (Å²) in [6.45, 7) is 1.23. The Balaban J connectivity index is 1.39. The van der Waals surface area contributed by atoms with Crippen molar-refractivity contribution >= 4 is 27.1 Å². The molecule has 3 aromatic rings. The third-order valence-electron chi connectivity index (χ3n) is 5.20. The molecule has 7 nitrogen and oxygen atoms in total. The highest BCUT2D eigenvalue weighted by molar-refractivity contribution is 7.90. The summed E-state index contributed by atoms with van der Waals surface area (Å²) in [5.74, 6) is 0.537. The van der Waals surface area contributed by atoms with Crippen molar-refractivity contribution in [3.63, 3.8) is 0 Å². The molecular formula is C22H22N2O5S2. The molecular weight excluding hydrogens is 436 g/mol. The van der Waals surface area contributed by atoms with E-state index in [1.807, 2.05) is 22.4 Å². The fraction of sp³-hybridized carbons (Fsp3) is 0.273. The molecule has 0 saturated carbocycles. The number of carbonyl (C=O) groups is 1. The predicted octanol–water partition coefficient (Wildman–Crippen LogP) is 2.99.